The SMILES string of the molecule is CC(=O)c1ccc(S(=O)(=O)N2CCN(c3ccc(-n4nc(C(F)(F)F)cc4-c4ccc5c(ccc6ccccc65)c4)cc3)CC2)cc1. The third kappa shape index (κ3) is 5.77. The van der Waals surface area contributed by atoms with E-state index in [9.17, 15) is 26.4 Å². The van der Waals surface area contributed by atoms with Gasteiger partial charge in [0.25, 0.3) is 0 Å². The fourth-order valence-corrected chi connectivity index (χ4v) is 7.52. The number of Topliss-reactive ketones (excluding diaryl/α,β-unsaturated/α-hetero) is 1. The lowest BCUT2D eigenvalue weighted by molar-refractivity contribution is -0.141. The highest BCUT2D eigenvalue weighted by atomic mass is 32.2. The summed E-state index contributed by atoms with van der Waals surface area (Å²) in [5, 5.41) is 8.04. The van der Waals surface area contributed by atoms with E-state index in [1.807, 2.05) is 71.6 Å². The molecule has 47 heavy (non-hydrogen) atoms. The minimum absolute atomic E-state index is 0.133. The van der Waals surface area contributed by atoms with Gasteiger partial charge >= 0.3 is 6.18 Å². The van der Waals surface area contributed by atoms with Crippen LogP contribution in [0, 0.1) is 0 Å². The van der Waals surface area contributed by atoms with Crippen molar-refractivity contribution < 1.29 is 26.4 Å². The Morgan fingerprint density at radius 3 is 2.04 bits per heavy atom. The van der Waals surface area contributed by atoms with Gasteiger partial charge in [-0.15, -0.1) is 0 Å². The van der Waals surface area contributed by atoms with Gasteiger partial charge in [-0.1, -0.05) is 60.7 Å². The van der Waals surface area contributed by atoms with Crippen molar-refractivity contribution >= 4 is 43.0 Å². The molecule has 6 aromatic rings. The Kier molecular flexibility index (Phi) is 7.60. The van der Waals surface area contributed by atoms with Gasteiger partial charge in [-0.2, -0.15) is 22.6 Å². The Morgan fingerprint density at radius 1 is 0.723 bits per heavy atom. The van der Waals surface area contributed by atoms with Gasteiger partial charge in [-0.05, 0) is 77.0 Å². The van der Waals surface area contributed by atoms with Crippen LogP contribution in [0.25, 0.3) is 38.5 Å². The molecule has 0 unspecified atom stereocenters. The number of hydrogen-bond donors (Lipinski definition) is 0. The lowest BCUT2D eigenvalue weighted by Gasteiger charge is -2.35. The molecule has 2 heterocycles. The normalized spacial score (nSPS) is 14.6. The zero-order valence-corrected chi connectivity index (χ0v) is 26.1. The van der Waals surface area contributed by atoms with Crippen LogP contribution in [0.5, 0.6) is 0 Å². The summed E-state index contributed by atoms with van der Waals surface area (Å²) in [6.45, 7) is 2.81. The summed E-state index contributed by atoms with van der Waals surface area (Å²) in [6, 6.07) is 31.6. The van der Waals surface area contributed by atoms with Crippen molar-refractivity contribution in [2.24, 2.45) is 0 Å². The Hall–Kier alpha value is -5.00. The molecule has 0 spiro atoms. The van der Waals surface area contributed by atoms with Crippen LogP contribution in [0.4, 0.5) is 18.9 Å². The molecule has 11 heteroatoms. The number of hydrogen-bond acceptors (Lipinski definition) is 5. The number of ketones is 1. The number of nitrogens with zero attached hydrogens (tertiary/aromatic N) is 4. The number of piperazine rings is 1. The van der Waals surface area contributed by atoms with Crippen molar-refractivity contribution in [1.82, 2.24) is 14.1 Å². The minimum Gasteiger partial charge on any atom is -0.369 e. The van der Waals surface area contributed by atoms with E-state index in [1.54, 1.807) is 12.1 Å². The number of anilines is 1. The molecule has 0 saturated carbocycles. The largest absolute Gasteiger partial charge is 0.435 e. The third-order valence-corrected chi connectivity index (χ3v) is 10.6. The van der Waals surface area contributed by atoms with Crippen molar-refractivity contribution in [2.45, 2.75) is 18.0 Å². The molecule has 7 nitrogen and oxygen atoms in total. The average Bonchev–Trinajstić information content (AvgIpc) is 3.55. The van der Waals surface area contributed by atoms with Gasteiger partial charge in [-0.3, -0.25) is 4.79 Å². The summed E-state index contributed by atoms with van der Waals surface area (Å²) < 4.78 is 70.8. The van der Waals surface area contributed by atoms with E-state index in [1.165, 1.54) is 40.2 Å². The van der Waals surface area contributed by atoms with Gasteiger partial charge in [0, 0.05) is 43.0 Å². The van der Waals surface area contributed by atoms with Crippen molar-refractivity contribution in [1.29, 1.82) is 0 Å². The molecule has 1 fully saturated rings. The number of rotatable bonds is 6. The zero-order chi connectivity index (χ0) is 32.9. The number of sulfonamides is 1. The van der Waals surface area contributed by atoms with Gasteiger partial charge in [-0.25, -0.2) is 13.1 Å². The van der Waals surface area contributed by atoms with Crippen LogP contribution in [0.15, 0.2) is 114 Å². The number of fused-ring (bicyclic) bond motifs is 3. The first-order valence-corrected chi connectivity index (χ1v) is 16.5. The molecule has 0 aliphatic carbocycles. The Balaban J connectivity index is 1.13. The molecule has 1 aromatic heterocycles. The van der Waals surface area contributed by atoms with Crippen LogP contribution in [-0.2, 0) is 16.2 Å². The Bertz CT molecular complexity index is 2240. The van der Waals surface area contributed by atoms with Crippen LogP contribution >= 0.6 is 0 Å². The maximum atomic E-state index is 13.9. The molecule has 0 amide bonds. The highest BCUT2D eigenvalue weighted by Gasteiger charge is 2.35. The maximum absolute atomic E-state index is 13.9. The second-order valence-electron chi connectivity index (χ2n) is 11.5. The summed E-state index contributed by atoms with van der Waals surface area (Å²) in [5.74, 6) is -0.138. The highest BCUT2D eigenvalue weighted by molar-refractivity contribution is 7.89. The zero-order valence-electron chi connectivity index (χ0n) is 25.3. The van der Waals surface area contributed by atoms with Gasteiger partial charge < -0.3 is 4.90 Å². The molecule has 1 aliphatic rings. The molecular weight excluding hydrogens is 625 g/mol. The van der Waals surface area contributed by atoms with E-state index in [0.29, 0.717) is 35.6 Å². The highest BCUT2D eigenvalue weighted by Crippen LogP contribution is 2.36. The second kappa shape index (κ2) is 11.7. The lowest BCUT2D eigenvalue weighted by Crippen LogP contribution is -2.48. The molecule has 1 aliphatic heterocycles. The van der Waals surface area contributed by atoms with Crippen LogP contribution in [0.1, 0.15) is 23.0 Å². The van der Waals surface area contributed by atoms with Crippen molar-refractivity contribution in [3.8, 4) is 16.9 Å². The number of alkyl halides is 3. The van der Waals surface area contributed by atoms with Crippen molar-refractivity contribution in [2.75, 3.05) is 31.1 Å². The third-order valence-electron chi connectivity index (χ3n) is 8.64. The molecule has 0 atom stereocenters. The smallest absolute Gasteiger partial charge is 0.369 e. The molecule has 0 radical (unpaired) electrons. The summed E-state index contributed by atoms with van der Waals surface area (Å²) in [7, 11) is -3.73. The van der Waals surface area contributed by atoms with Gasteiger partial charge in [0.2, 0.25) is 10.0 Å². The van der Waals surface area contributed by atoms with E-state index < -0.39 is 21.9 Å². The number of aromatic nitrogens is 2. The van der Waals surface area contributed by atoms with Gasteiger partial charge in [0.15, 0.2) is 11.5 Å². The number of halogens is 3. The van der Waals surface area contributed by atoms with Crippen LogP contribution < -0.4 is 4.90 Å². The molecule has 238 valence electrons. The summed E-state index contributed by atoms with van der Waals surface area (Å²) in [6.07, 6.45) is -4.62. The molecular formula is C36H29F3N4O3S. The van der Waals surface area contributed by atoms with Crippen molar-refractivity contribution in [3.05, 3.63) is 120 Å². The van der Waals surface area contributed by atoms with Gasteiger partial charge in [0.05, 0.1) is 16.3 Å². The van der Waals surface area contributed by atoms with Crippen LogP contribution in [0.2, 0.25) is 0 Å². The minimum atomic E-state index is -4.62. The van der Waals surface area contributed by atoms with E-state index in [2.05, 4.69) is 5.10 Å². The molecule has 0 N–H and O–H groups in total. The predicted octanol–water partition coefficient (Wildman–Crippen LogP) is 7.58. The lowest BCUT2D eigenvalue weighted by atomic mass is 9.99. The summed E-state index contributed by atoms with van der Waals surface area (Å²) in [4.78, 5) is 13.7. The summed E-state index contributed by atoms with van der Waals surface area (Å²) in [5.41, 5.74) is 1.67. The standard InChI is InChI=1S/C36H29F3N4O3S/c1-24(44)25-8-15-31(16-9-25)47(45,46)42-20-18-41(19-21-42)29-11-13-30(14-12-29)43-34(23-35(40-43)36(37,38)39)28-10-17-33-27(22-28)7-6-26-4-2-3-5-32(26)33/h2-17,22-23H,18-21H2,1H3. The predicted molar refractivity (Wildman–Crippen MR) is 176 cm³/mol. The van der Waals surface area contributed by atoms with E-state index in [4.69, 9.17) is 0 Å². The monoisotopic (exact) mass is 654 g/mol. The molecule has 7 rings (SSSR count). The number of carbonyl (C=O) groups is 1. The van der Waals surface area contributed by atoms with E-state index in [0.717, 1.165) is 33.3 Å². The average molecular weight is 655 g/mol. The molecule has 5 aromatic carbocycles. The van der Waals surface area contributed by atoms with Gasteiger partial charge in [0.1, 0.15) is 0 Å². The first kappa shape index (κ1) is 30.6. The second-order valence-corrected chi connectivity index (χ2v) is 13.5. The fraction of sp³-hybridized carbons (Fsp3) is 0.167. The Morgan fingerprint density at radius 2 is 1.36 bits per heavy atom. The van der Waals surface area contributed by atoms with Crippen LogP contribution in [-0.4, -0.2) is 54.5 Å². The molecule has 1 saturated heterocycles. The maximum Gasteiger partial charge on any atom is 0.435 e. The van der Waals surface area contributed by atoms with E-state index >= 15 is 0 Å². The number of benzene rings is 5. The van der Waals surface area contributed by atoms with Crippen molar-refractivity contribution in [3.63, 3.8) is 0 Å². The number of carbonyl (C=O) groups excluding carboxylic acids is 1. The van der Waals surface area contributed by atoms with E-state index in [-0.39, 0.29) is 23.8 Å². The topological polar surface area (TPSA) is 75.5 Å². The summed E-state index contributed by atoms with van der Waals surface area (Å²) >= 11 is 0. The quantitative estimate of drug-likeness (QED) is 0.137. The first-order chi connectivity index (χ1) is 22.5. The first-order valence-electron chi connectivity index (χ1n) is 15.0. The fourth-order valence-electron chi connectivity index (χ4n) is 6.10. The van der Waals surface area contributed by atoms with Crippen LogP contribution in [0.3, 0.4) is 0 Å². The molecule has 0 bridgehead atoms. The Labute approximate surface area is 269 Å².